The zero-order valence-electron chi connectivity index (χ0n) is 14.2. The fraction of sp³-hybridized carbons (Fsp3) is 0.300. The smallest absolute Gasteiger partial charge is 0.322 e. The van der Waals surface area contributed by atoms with Crippen molar-refractivity contribution in [3.05, 3.63) is 65.2 Å². The summed E-state index contributed by atoms with van der Waals surface area (Å²) in [6, 6.07) is 15.6. The van der Waals surface area contributed by atoms with Crippen LogP contribution < -0.4 is 5.32 Å². The molecule has 2 aliphatic heterocycles. The lowest BCUT2D eigenvalue weighted by molar-refractivity contribution is -0.139. The zero-order chi connectivity index (χ0) is 17.4. The van der Waals surface area contributed by atoms with Gasteiger partial charge in [-0.05, 0) is 36.1 Å². The molecule has 1 atom stereocenters. The van der Waals surface area contributed by atoms with Crippen LogP contribution in [0.25, 0.3) is 0 Å². The van der Waals surface area contributed by atoms with Crippen LogP contribution in [-0.2, 0) is 11.2 Å². The highest BCUT2D eigenvalue weighted by molar-refractivity contribution is 5.94. The van der Waals surface area contributed by atoms with Crippen molar-refractivity contribution in [3.63, 3.8) is 0 Å². The van der Waals surface area contributed by atoms with Crippen molar-refractivity contribution < 1.29 is 9.59 Å². The molecule has 128 valence electrons. The Balaban J connectivity index is 1.56. The second kappa shape index (κ2) is 6.24. The number of hydrogen-bond acceptors (Lipinski definition) is 2. The standard InChI is InChI=1S/C20H21N3O2/c1-14-6-2-5-9-17(14)21-20(25)22-12-18-16-8-4-3-7-15(16)10-11-23(18)19(24)13-22/h2-9,18H,10-13H2,1H3,(H,21,25). The highest BCUT2D eigenvalue weighted by Gasteiger charge is 2.38. The lowest BCUT2D eigenvalue weighted by atomic mass is 9.91. The van der Waals surface area contributed by atoms with E-state index in [0.717, 1.165) is 29.8 Å². The summed E-state index contributed by atoms with van der Waals surface area (Å²) in [4.78, 5) is 28.8. The van der Waals surface area contributed by atoms with Gasteiger partial charge in [0.2, 0.25) is 5.91 Å². The molecule has 25 heavy (non-hydrogen) atoms. The summed E-state index contributed by atoms with van der Waals surface area (Å²) in [5, 5.41) is 2.94. The van der Waals surface area contributed by atoms with Crippen molar-refractivity contribution in [2.24, 2.45) is 0 Å². The summed E-state index contributed by atoms with van der Waals surface area (Å²) in [5.74, 6) is 0.0192. The maximum absolute atomic E-state index is 12.7. The van der Waals surface area contributed by atoms with Crippen molar-refractivity contribution in [1.29, 1.82) is 0 Å². The van der Waals surface area contributed by atoms with Gasteiger partial charge in [0, 0.05) is 18.8 Å². The van der Waals surface area contributed by atoms with Crippen molar-refractivity contribution in [2.75, 3.05) is 25.0 Å². The molecule has 1 N–H and O–H groups in total. The van der Waals surface area contributed by atoms with E-state index in [9.17, 15) is 9.59 Å². The molecular weight excluding hydrogens is 314 g/mol. The van der Waals surface area contributed by atoms with Crippen LogP contribution >= 0.6 is 0 Å². The minimum Gasteiger partial charge on any atom is -0.332 e. The van der Waals surface area contributed by atoms with E-state index in [0.29, 0.717) is 6.54 Å². The number of hydrogen-bond donors (Lipinski definition) is 1. The van der Waals surface area contributed by atoms with Crippen LogP contribution in [0.1, 0.15) is 22.7 Å². The number of anilines is 1. The number of carbonyl (C=O) groups is 2. The Hall–Kier alpha value is -2.82. The number of carbonyl (C=O) groups excluding carboxylic acids is 2. The molecule has 0 aliphatic carbocycles. The first-order valence-corrected chi connectivity index (χ1v) is 8.62. The number of para-hydroxylation sites is 1. The van der Waals surface area contributed by atoms with E-state index in [1.165, 1.54) is 5.56 Å². The number of fused-ring (bicyclic) bond motifs is 3. The molecule has 2 heterocycles. The molecule has 3 amide bonds. The molecule has 5 nitrogen and oxygen atoms in total. The Kier molecular flexibility index (Phi) is 3.92. The number of amides is 3. The van der Waals surface area contributed by atoms with Gasteiger partial charge < -0.3 is 15.1 Å². The van der Waals surface area contributed by atoms with E-state index in [1.807, 2.05) is 48.2 Å². The van der Waals surface area contributed by atoms with Crippen molar-refractivity contribution in [3.8, 4) is 0 Å². The third-order valence-corrected chi connectivity index (χ3v) is 5.13. The largest absolute Gasteiger partial charge is 0.332 e. The van der Waals surface area contributed by atoms with Gasteiger partial charge in [0.25, 0.3) is 0 Å². The Morgan fingerprint density at radius 1 is 1.12 bits per heavy atom. The van der Waals surface area contributed by atoms with Crippen LogP contribution in [0.2, 0.25) is 0 Å². The van der Waals surface area contributed by atoms with Gasteiger partial charge in [-0.3, -0.25) is 4.79 Å². The lowest BCUT2D eigenvalue weighted by Crippen LogP contribution is -2.56. The number of rotatable bonds is 1. The molecule has 0 saturated carbocycles. The van der Waals surface area contributed by atoms with E-state index in [1.54, 1.807) is 4.90 Å². The molecule has 0 bridgehead atoms. The number of benzene rings is 2. The maximum atomic E-state index is 12.7. The first kappa shape index (κ1) is 15.7. The number of nitrogens with one attached hydrogen (secondary N) is 1. The molecule has 0 radical (unpaired) electrons. The highest BCUT2D eigenvalue weighted by Crippen LogP contribution is 2.33. The molecule has 4 rings (SSSR count). The monoisotopic (exact) mass is 335 g/mol. The first-order chi connectivity index (χ1) is 12.1. The van der Waals surface area contributed by atoms with Crippen LogP contribution in [0.4, 0.5) is 10.5 Å². The fourth-order valence-electron chi connectivity index (χ4n) is 3.74. The minimum absolute atomic E-state index is 0.0192. The minimum atomic E-state index is -0.217. The summed E-state index contributed by atoms with van der Waals surface area (Å²) in [7, 11) is 0. The number of piperazine rings is 1. The van der Waals surface area contributed by atoms with Crippen LogP contribution in [0.15, 0.2) is 48.5 Å². The van der Waals surface area contributed by atoms with Crippen LogP contribution in [0.3, 0.4) is 0 Å². The quantitative estimate of drug-likeness (QED) is 0.871. The molecular formula is C20H21N3O2. The van der Waals surface area contributed by atoms with Gasteiger partial charge in [-0.2, -0.15) is 0 Å². The van der Waals surface area contributed by atoms with E-state index >= 15 is 0 Å². The number of nitrogens with zero attached hydrogens (tertiary/aromatic N) is 2. The van der Waals surface area contributed by atoms with E-state index in [-0.39, 0.29) is 24.5 Å². The highest BCUT2D eigenvalue weighted by atomic mass is 16.2. The van der Waals surface area contributed by atoms with E-state index in [4.69, 9.17) is 0 Å². The Morgan fingerprint density at radius 2 is 1.88 bits per heavy atom. The molecule has 2 aliphatic rings. The molecule has 2 aromatic carbocycles. The van der Waals surface area contributed by atoms with Gasteiger partial charge in [-0.25, -0.2) is 4.79 Å². The molecule has 2 aromatic rings. The fourth-order valence-corrected chi connectivity index (χ4v) is 3.74. The van der Waals surface area contributed by atoms with Crippen LogP contribution in [-0.4, -0.2) is 41.4 Å². The number of aryl methyl sites for hydroxylation is 1. The second-order valence-corrected chi connectivity index (χ2v) is 6.68. The summed E-state index contributed by atoms with van der Waals surface area (Å²) in [6.07, 6.45) is 0.883. The van der Waals surface area contributed by atoms with Gasteiger partial charge in [0.15, 0.2) is 0 Å². The first-order valence-electron chi connectivity index (χ1n) is 8.62. The summed E-state index contributed by atoms with van der Waals surface area (Å²) in [6.45, 7) is 3.35. The predicted molar refractivity (Wildman–Crippen MR) is 96.4 cm³/mol. The molecule has 0 spiro atoms. The summed E-state index contributed by atoms with van der Waals surface area (Å²) < 4.78 is 0. The van der Waals surface area contributed by atoms with Crippen molar-refractivity contribution in [2.45, 2.75) is 19.4 Å². The number of urea groups is 1. The average Bonchev–Trinajstić information content (AvgIpc) is 2.63. The van der Waals surface area contributed by atoms with Crippen LogP contribution in [0.5, 0.6) is 0 Å². The Labute approximate surface area is 147 Å². The average molecular weight is 335 g/mol. The van der Waals surface area contributed by atoms with E-state index in [2.05, 4.69) is 17.4 Å². The molecule has 1 saturated heterocycles. The maximum Gasteiger partial charge on any atom is 0.322 e. The Bertz CT molecular complexity index is 833. The van der Waals surface area contributed by atoms with Crippen molar-refractivity contribution in [1.82, 2.24) is 9.80 Å². The third kappa shape index (κ3) is 2.86. The van der Waals surface area contributed by atoms with Gasteiger partial charge >= 0.3 is 6.03 Å². The second-order valence-electron chi connectivity index (χ2n) is 6.68. The van der Waals surface area contributed by atoms with E-state index < -0.39 is 0 Å². The zero-order valence-corrected chi connectivity index (χ0v) is 14.2. The van der Waals surface area contributed by atoms with Gasteiger partial charge in [-0.15, -0.1) is 0 Å². The van der Waals surface area contributed by atoms with Crippen molar-refractivity contribution >= 4 is 17.6 Å². The molecule has 1 fully saturated rings. The van der Waals surface area contributed by atoms with Gasteiger partial charge in [-0.1, -0.05) is 42.5 Å². The Morgan fingerprint density at radius 3 is 2.72 bits per heavy atom. The predicted octanol–water partition coefficient (Wildman–Crippen LogP) is 2.97. The molecule has 5 heteroatoms. The normalized spacial score (nSPS) is 19.2. The molecule has 0 aromatic heterocycles. The topological polar surface area (TPSA) is 52.7 Å². The summed E-state index contributed by atoms with van der Waals surface area (Å²) in [5.41, 5.74) is 4.23. The lowest BCUT2D eigenvalue weighted by Gasteiger charge is -2.44. The van der Waals surface area contributed by atoms with Crippen LogP contribution in [0, 0.1) is 6.92 Å². The van der Waals surface area contributed by atoms with Gasteiger partial charge in [0.1, 0.15) is 6.54 Å². The SMILES string of the molecule is Cc1ccccc1NC(=O)N1CC(=O)N2CCc3ccccc3C2C1. The summed E-state index contributed by atoms with van der Waals surface area (Å²) >= 11 is 0. The molecule has 1 unspecified atom stereocenters. The third-order valence-electron chi connectivity index (χ3n) is 5.13. The van der Waals surface area contributed by atoms with Gasteiger partial charge in [0.05, 0.1) is 6.04 Å².